The van der Waals surface area contributed by atoms with Crippen LogP contribution in [0.3, 0.4) is 0 Å². The fraction of sp³-hybridized carbons (Fsp3) is 0.818. The largest absolute Gasteiger partial charge is 0.481 e. The molecule has 0 atom stereocenters. The number of nitrogens with zero attached hydrogens (tertiary/aromatic N) is 1. The Morgan fingerprint density at radius 1 is 1.38 bits per heavy atom. The third-order valence-electron chi connectivity index (χ3n) is 2.85. The third kappa shape index (κ3) is 4.18. The lowest BCUT2D eigenvalue weighted by Gasteiger charge is -2.30. The number of hydrogen-bond acceptors (Lipinski definition) is 4. The molecule has 0 bridgehead atoms. The number of carbonyl (C=O) groups excluding carboxylic acids is 1. The monoisotopic (exact) mass is 229 g/mol. The Labute approximate surface area is 95.4 Å². The minimum absolute atomic E-state index is 0.000952. The van der Waals surface area contributed by atoms with E-state index in [4.69, 9.17) is 9.84 Å². The second-order valence-electron chi connectivity index (χ2n) is 4.01. The molecule has 0 aromatic heterocycles. The molecule has 1 fully saturated rings. The Bertz CT molecular complexity index is 246. The van der Waals surface area contributed by atoms with Gasteiger partial charge in [-0.25, -0.2) is 0 Å². The molecule has 1 heterocycles. The highest BCUT2D eigenvalue weighted by Crippen LogP contribution is 2.18. The van der Waals surface area contributed by atoms with Crippen molar-refractivity contribution in [2.75, 3.05) is 26.2 Å². The lowest BCUT2D eigenvalue weighted by atomic mass is 9.97. The number of aliphatic carboxylic acids is 1. The van der Waals surface area contributed by atoms with Crippen molar-refractivity contribution in [2.45, 2.75) is 26.2 Å². The van der Waals surface area contributed by atoms with Gasteiger partial charge in [-0.05, 0) is 32.9 Å². The van der Waals surface area contributed by atoms with E-state index in [-0.39, 0.29) is 18.3 Å². The fourth-order valence-electron chi connectivity index (χ4n) is 1.91. The zero-order valence-corrected chi connectivity index (χ0v) is 9.65. The van der Waals surface area contributed by atoms with Crippen molar-refractivity contribution in [2.24, 2.45) is 5.92 Å². The van der Waals surface area contributed by atoms with E-state index in [2.05, 4.69) is 4.90 Å². The summed E-state index contributed by atoms with van der Waals surface area (Å²) in [6.45, 7) is 4.39. The van der Waals surface area contributed by atoms with Crippen LogP contribution in [0.2, 0.25) is 0 Å². The number of esters is 1. The molecular weight excluding hydrogens is 210 g/mol. The molecule has 0 aliphatic carbocycles. The Hall–Kier alpha value is -1.10. The normalized spacial score (nSPS) is 18.3. The Morgan fingerprint density at radius 2 is 2.00 bits per heavy atom. The summed E-state index contributed by atoms with van der Waals surface area (Å²) < 4.78 is 4.96. The van der Waals surface area contributed by atoms with E-state index >= 15 is 0 Å². The minimum atomic E-state index is -0.771. The number of ether oxygens (including phenoxy) is 1. The first kappa shape index (κ1) is 13.0. The standard InChI is InChI=1S/C11H19NO4/c1-2-16-11(15)9-3-6-12(7-4-9)8-5-10(13)14/h9H,2-8H2,1H3,(H,13,14). The van der Waals surface area contributed by atoms with Crippen LogP contribution in [0.5, 0.6) is 0 Å². The van der Waals surface area contributed by atoms with Gasteiger partial charge >= 0.3 is 11.9 Å². The molecule has 92 valence electrons. The van der Waals surface area contributed by atoms with Gasteiger partial charge < -0.3 is 14.7 Å². The van der Waals surface area contributed by atoms with E-state index < -0.39 is 5.97 Å². The molecule has 5 heteroatoms. The molecule has 1 rings (SSSR count). The first-order valence-electron chi connectivity index (χ1n) is 5.74. The third-order valence-corrected chi connectivity index (χ3v) is 2.85. The van der Waals surface area contributed by atoms with Crippen LogP contribution in [0.1, 0.15) is 26.2 Å². The molecule has 1 aliphatic rings. The Balaban J connectivity index is 2.23. The van der Waals surface area contributed by atoms with Crippen LogP contribution < -0.4 is 0 Å². The van der Waals surface area contributed by atoms with Gasteiger partial charge in [0, 0.05) is 6.54 Å². The van der Waals surface area contributed by atoms with E-state index in [1.54, 1.807) is 6.92 Å². The highest BCUT2D eigenvalue weighted by Gasteiger charge is 2.25. The molecule has 1 N–H and O–H groups in total. The van der Waals surface area contributed by atoms with Gasteiger partial charge in [-0.3, -0.25) is 9.59 Å². The van der Waals surface area contributed by atoms with E-state index in [1.807, 2.05) is 0 Å². The zero-order valence-electron chi connectivity index (χ0n) is 9.65. The summed E-state index contributed by atoms with van der Waals surface area (Å²) in [5.74, 6) is -0.881. The van der Waals surface area contributed by atoms with Crippen molar-refractivity contribution in [1.82, 2.24) is 4.90 Å². The highest BCUT2D eigenvalue weighted by atomic mass is 16.5. The zero-order chi connectivity index (χ0) is 12.0. The fourth-order valence-corrected chi connectivity index (χ4v) is 1.91. The maximum absolute atomic E-state index is 11.4. The molecule has 0 spiro atoms. The quantitative estimate of drug-likeness (QED) is 0.704. The summed E-state index contributed by atoms with van der Waals surface area (Å²) in [5.41, 5.74) is 0. The van der Waals surface area contributed by atoms with Gasteiger partial charge in [-0.2, -0.15) is 0 Å². The van der Waals surface area contributed by atoms with Crippen LogP contribution in [-0.2, 0) is 14.3 Å². The molecule has 5 nitrogen and oxygen atoms in total. The van der Waals surface area contributed by atoms with Gasteiger partial charge in [-0.1, -0.05) is 0 Å². The SMILES string of the molecule is CCOC(=O)C1CCN(CCC(=O)O)CC1. The lowest BCUT2D eigenvalue weighted by Crippen LogP contribution is -2.38. The molecule has 0 unspecified atom stereocenters. The van der Waals surface area contributed by atoms with Crippen molar-refractivity contribution >= 4 is 11.9 Å². The van der Waals surface area contributed by atoms with Crippen LogP contribution in [0, 0.1) is 5.92 Å². The second kappa shape index (κ2) is 6.48. The Kier molecular flexibility index (Phi) is 5.25. The summed E-state index contributed by atoms with van der Waals surface area (Å²) in [5, 5.41) is 8.55. The van der Waals surface area contributed by atoms with Crippen molar-refractivity contribution in [3.8, 4) is 0 Å². The van der Waals surface area contributed by atoms with E-state index in [0.29, 0.717) is 13.2 Å². The number of hydrogen-bond donors (Lipinski definition) is 1. The number of carbonyl (C=O) groups is 2. The molecular formula is C11H19NO4. The van der Waals surface area contributed by atoms with Gasteiger partial charge in [0.05, 0.1) is 18.9 Å². The van der Waals surface area contributed by atoms with Crippen molar-refractivity contribution in [3.05, 3.63) is 0 Å². The van der Waals surface area contributed by atoms with Gasteiger partial charge in [0.15, 0.2) is 0 Å². The maximum atomic E-state index is 11.4. The van der Waals surface area contributed by atoms with Crippen LogP contribution in [0.25, 0.3) is 0 Å². The van der Waals surface area contributed by atoms with E-state index in [0.717, 1.165) is 25.9 Å². The number of carboxylic acids is 1. The maximum Gasteiger partial charge on any atom is 0.309 e. The number of likely N-dealkylation sites (tertiary alicyclic amines) is 1. The van der Waals surface area contributed by atoms with Crippen molar-refractivity contribution < 1.29 is 19.4 Å². The first-order valence-corrected chi connectivity index (χ1v) is 5.74. The molecule has 0 amide bonds. The summed E-state index contributed by atoms with van der Waals surface area (Å²) in [6.07, 6.45) is 1.72. The molecule has 1 saturated heterocycles. The molecule has 16 heavy (non-hydrogen) atoms. The summed E-state index contributed by atoms with van der Waals surface area (Å²) in [6, 6.07) is 0. The molecule has 0 aromatic carbocycles. The number of rotatable bonds is 5. The van der Waals surface area contributed by atoms with Crippen LogP contribution >= 0.6 is 0 Å². The molecule has 0 saturated carbocycles. The van der Waals surface area contributed by atoms with Gasteiger partial charge in [0.2, 0.25) is 0 Å². The van der Waals surface area contributed by atoms with Gasteiger partial charge in [-0.15, -0.1) is 0 Å². The van der Waals surface area contributed by atoms with E-state index in [9.17, 15) is 9.59 Å². The molecule has 1 aliphatic heterocycles. The topological polar surface area (TPSA) is 66.8 Å². The summed E-state index contributed by atoms with van der Waals surface area (Å²) in [7, 11) is 0. The first-order chi connectivity index (χ1) is 7.63. The van der Waals surface area contributed by atoms with Crippen LogP contribution in [-0.4, -0.2) is 48.2 Å². The van der Waals surface area contributed by atoms with E-state index in [1.165, 1.54) is 0 Å². The number of piperidine rings is 1. The Morgan fingerprint density at radius 3 is 2.50 bits per heavy atom. The van der Waals surface area contributed by atoms with Crippen LogP contribution in [0.4, 0.5) is 0 Å². The summed E-state index contributed by atoms with van der Waals surface area (Å²) in [4.78, 5) is 23.9. The molecule has 0 radical (unpaired) electrons. The lowest BCUT2D eigenvalue weighted by molar-refractivity contribution is -0.150. The minimum Gasteiger partial charge on any atom is -0.481 e. The smallest absolute Gasteiger partial charge is 0.309 e. The van der Waals surface area contributed by atoms with Crippen molar-refractivity contribution in [1.29, 1.82) is 0 Å². The average molecular weight is 229 g/mol. The van der Waals surface area contributed by atoms with Crippen LogP contribution in [0.15, 0.2) is 0 Å². The van der Waals surface area contributed by atoms with Crippen molar-refractivity contribution in [3.63, 3.8) is 0 Å². The molecule has 0 aromatic rings. The predicted molar refractivity (Wildman–Crippen MR) is 58.0 cm³/mol. The average Bonchev–Trinajstić information content (AvgIpc) is 2.27. The predicted octanol–water partition coefficient (Wildman–Crippen LogP) is 0.736. The number of carboxylic acid groups (broad SMARTS) is 1. The highest BCUT2D eigenvalue weighted by molar-refractivity contribution is 5.72. The second-order valence-corrected chi connectivity index (χ2v) is 4.01. The summed E-state index contributed by atoms with van der Waals surface area (Å²) >= 11 is 0. The van der Waals surface area contributed by atoms with Gasteiger partial charge in [0.1, 0.15) is 0 Å². The van der Waals surface area contributed by atoms with Gasteiger partial charge in [0.25, 0.3) is 0 Å².